The molecule has 0 unspecified atom stereocenters. The summed E-state index contributed by atoms with van der Waals surface area (Å²) < 4.78 is 18.9. The summed E-state index contributed by atoms with van der Waals surface area (Å²) in [6.45, 7) is 3.92. The number of nitrogens with one attached hydrogen (secondary N) is 1. The fraction of sp³-hybridized carbons (Fsp3) is 0.409. The van der Waals surface area contributed by atoms with Gasteiger partial charge in [0.25, 0.3) is 5.91 Å². The second kappa shape index (κ2) is 8.07. The Kier molecular flexibility index (Phi) is 5.11. The van der Waals surface area contributed by atoms with Gasteiger partial charge in [-0.3, -0.25) is 4.79 Å². The van der Waals surface area contributed by atoms with Gasteiger partial charge in [-0.2, -0.15) is 10.1 Å². The molecule has 0 saturated carbocycles. The Balaban J connectivity index is 1.55. The van der Waals surface area contributed by atoms with Crippen LogP contribution in [-0.2, 0) is 9.53 Å². The highest BCUT2D eigenvalue weighted by atomic mass is 16.5. The smallest absolute Gasteiger partial charge is 0.252 e. The first kappa shape index (κ1) is 19.6. The number of carbonyl (C=O) groups is 1. The van der Waals surface area contributed by atoms with E-state index < -0.39 is 6.10 Å². The molecule has 2 atom stereocenters. The van der Waals surface area contributed by atoms with E-state index in [9.17, 15) is 4.79 Å². The van der Waals surface area contributed by atoms with E-state index >= 15 is 0 Å². The van der Waals surface area contributed by atoms with Crippen molar-refractivity contribution in [3.63, 3.8) is 0 Å². The van der Waals surface area contributed by atoms with E-state index in [1.807, 2.05) is 36.2 Å². The predicted molar refractivity (Wildman–Crippen MR) is 114 cm³/mol. The van der Waals surface area contributed by atoms with Crippen LogP contribution in [0.25, 0.3) is 16.8 Å². The van der Waals surface area contributed by atoms with E-state index in [4.69, 9.17) is 14.2 Å². The molecule has 9 nitrogen and oxygen atoms in total. The zero-order chi connectivity index (χ0) is 21.4. The molecule has 2 aliphatic heterocycles. The summed E-state index contributed by atoms with van der Waals surface area (Å²) in [7, 11) is 1.64. The van der Waals surface area contributed by atoms with Crippen molar-refractivity contribution in [2.75, 3.05) is 38.7 Å². The van der Waals surface area contributed by atoms with Gasteiger partial charge in [0.2, 0.25) is 5.88 Å². The Labute approximate surface area is 179 Å². The molecule has 31 heavy (non-hydrogen) atoms. The summed E-state index contributed by atoms with van der Waals surface area (Å²) in [4.78, 5) is 19.4. The number of nitrogens with zero attached hydrogens (tertiary/aromatic N) is 4. The minimum absolute atomic E-state index is 0.0113. The van der Waals surface area contributed by atoms with E-state index in [0.717, 1.165) is 22.6 Å². The molecule has 4 bridgehead atoms. The molecule has 1 amide bonds. The predicted octanol–water partition coefficient (Wildman–Crippen LogP) is 2.22. The molecule has 9 heteroatoms. The highest BCUT2D eigenvalue weighted by Gasteiger charge is 2.40. The van der Waals surface area contributed by atoms with Crippen LogP contribution in [0.3, 0.4) is 0 Å². The third kappa shape index (κ3) is 3.65. The molecule has 162 valence electrons. The first-order valence-electron chi connectivity index (χ1n) is 10.5. The minimum Gasteiger partial charge on any atom is -0.497 e. The molecule has 1 aromatic carbocycles. The molecule has 5 rings (SSSR count). The third-order valence-corrected chi connectivity index (χ3v) is 5.76. The molecule has 2 aromatic heterocycles. The Bertz CT molecular complexity index is 1110. The van der Waals surface area contributed by atoms with E-state index in [1.165, 1.54) is 0 Å². The van der Waals surface area contributed by atoms with Crippen LogP contribution in [0.2, 0.25) is 0 Å². The van der Waals surface area contributed by atoms with Crippen molar-refractivity contribution in [3.05, 3.63) is 36.7 Å². The highest BCUT2D eigenvalue weighted by Crippen LogP contribution is 2.32. The van der Waals surface area contributed by atoms with Gasteiger partial charge < -0.3 is 24.4 Å². The first-order valence-corrected chi connectivity index (χ1v) is 10.5. The fourth-order valence-electron chi connectivity index (χ4n) is 4.24. The van der Waals surface area contributed by atoms with Crippen molar-refractivity contribution in [1.82, 2.24) is 19.5 Å². The van der Waals surface area contributed by atoms with Crippen molar-refractivity contribution in [3.8, 4) is 22.8 Å². The summed E-state index contributed by atoms with van der Waals surface area (Å²) in [5.74, 6) is 1.24. The van der Waals surface area contributed by atoms with Crippen LogP contribution < -0.4 is 14.8 Å². The number of anilines is 1. The highest BCUT2D eigenvalue weighted by molar-refractivity contribution is 5.84. The summed E-state index contributed by atoms with van der Waals surface area (Å²) in [5.41, 5.74) is 3.42. The third-order valence-electron chi connectivity index (χ3n) is 5.76. The first-order chi connectivity index (χ1) is 15.2. The quantitative estimate of drug-likeness (QED) is 0.691. The number of ether oxygens (including phenoxy) is 3. The number of hydrogen-bond donors (Lipinski definition) is 1. The minimum atomic E-state index is -0.422. The Hall–Kier alpha value is -3.33. The average molecular weight is 423 g/mol. The Morgan fingerprint density at radius 3 is 3.06 bits per heavy atom. The zero-order valence-electron chi connectivity index (χ0n) is 17.6. The molecule has 1 N–H and O–H groups in total. The number of rotatable bonds is 3. The molecule has 1 fully saturated rings. The van der Waals surface area contributed by atoms with Crippen LogP contribution in [0.5, 0.6) is 11.6 Å². The van der Waals surface area contributed by atoms with Crippen molar-refractivity contribution in [2.45, 2.75) is 25.5 Å². The van der Waals surface area contributed by atoms with Gasteiger partial charge in [0.05, 0.1) is 19.3 Å². The van der Waals surface area contributed by atoms with Gasteiger partial charge in [0.1, 0.15) is 18.5 Å². The number of hydrogen-bond acceptors (Lipinski definition) is 7. The van der Waals surface area contributed by atoms with Crippen LogP contribution in [-0.4, -0.2) is 71.0 Å². The molecule has 4 heterocycles. The summed E-state index contributed by atoms with van der Waals surface area (Å²) in [6.07, 6.45) is 3.80. The number of amides is 1. The summed E-state index contributed by atoms with van der Waals surface area (Å²) >= 11 is 0. The van der Waals surface area contributed by atoms with Crippen LogP contribution in [0.15, 0.2) is 36.7 Å². The lowest BCUT2D eigenvalue weighted by Gasteiger charge is -2.25. The standard InChI is InChI=1S/C22H25N5O4/c1-3-30-19-11-16-13-31-20-4-6-27-21(25-20)18(12-24-27)14-8-15(10-17(9-14)29-2)23-5-7-26(16)22(19)28/h4,6,8-10,12,16,19,23H,3,5,7,11,13H2,1-2H3/t16-,19-/m1/s1. The zero-order valence-corrected chi connectivity index (χ0v) is 17.6. The lowest BCUT2D eigenvalue weighted by molar-refractivity contribution is -0.137. The van der Waals surface area contributed by atoms with Crippen LogP contribution in [0.4, 0.5) is 5.69 Å². The molecular formula is C22H25N5O4. The lowest BCUT2D eigenvalue weighted by atomic mass is 10.1. The SMILES string of the molecule is CCO[C@@H]1C[C@@H]2COc3ccn4ncc(c4n3)-c3cc(cc(OC)c3)NCCN2C1=O. The number of methoxy groups -OCH3 is 1. The van der Waals surface area contributed by atoms with E-state index in [2.05, 4.69) is 15.4 Å². The number of aromatic nitrogens is 3. The molecular weight excluding hydrogens is 398 g/mol. The Morgan fingerprint density at radius 1 is 1.32 bits per heavy atom. The molecule has 2 aliphatic rings. The summed E-state index contributed by atoms with van der Waals surface area (Å²) in [5, 5.41) is 7.84. The maximum Gasteiger partial charge on any atom is 0.252 e. The van der Waals surface area contributed by atoms with Gasteiger partial charge in [0, 0.05) is 55.7 Å². The van der Waals surface area contributed by atoms with E-state index in [-0.39, 0.29) is 11.9 Å². The van der Waals surface area contributed by atoms with Crippen LogP contribution in [0.1, 0.15) is 13.3 Å². The average Bonchev–Trinajstić information content (AvgIpc) is 3.33. The normalized spacial score (nSPS) is 20.8. The maximum atomic E-state index is 12.9. The van der Waals surface area contributed by atoms with E-state index in [1.54, 1.807) is 23.9 Å². The van der Waals surface area contributed by atoms with Gasteiger partial charge in [-0.05, 0) is 24.6 Å². The van der Waals surface area contributed by atoms with Crippen molar-refractivity contribution in [2.24, 2.45) is 0 Å². The molecule has 0 radical (unpaired) electrons. The van der Waals surface area contributed by atoms with Crippen molar-refractivity contribution < 1.29 is 19.0 Å². The van der Waals surface area contributed by atoms with Crippen LogP contribution >= 0.6 is 0 Å². The number of carbonyl (C=O) groups excluding carboxylic acids is 1. The van der Waals surface area contributed by atoms with Crippen LogP contribution in [0, 0.1) is 0 Å². The molecule has 0 spiro atoms. The largest absolute Gasteiger partial charge is 0.497 e. The molecule has 3 aromatic rings. The van der Waals surface area contributed by atoms with Crippen molar-refractivity contribution in [1.29, 1.82) is 0 Å². The van der Waals surface area contributed by atoms with E-state index in [0.29, 0.717) is 44.3 Å². The van der Waals surface area contributed by atoms with Gasteiger partial charge in [0.15, 0.2) is 5.65 Å². The number of fused-ring (bicyclic) bond motifs is 5. The number of benzene rings is 1. The topological polar surface area (TPSA) is 90.2 Å². The monoisotopic (exact) mass is 423 g/mol. The maximum absolute atomic E-state index is 12.9. The Morgan fingerprint density at radius 2 is 2.23 bits per heavy atom. The van der Waals surface area contributed by atoms with Gasteiger partial charge in [-0.25, -0.2) is 4.52 Å². The lowest BCUT2D eigenvalue weighted by Crippen LogP contribution is -2.41. The second-order valence-electron chi connectivity index (χ2n) is 7.65. The fourth-order valence-corrected chi connectivity index (χ4v) is 4.24. The van der Waals surface area contributed by atoms with Crippen molar-refractivity contribution >= 4 is 17.2 Å². The van der Waals surface area contributed by atoms with Gasteiger partial charge in [-0.15, -0.1) is 0 Å². The molecule has 1 saturated heterocycles. The molecule has 0 aliphatic carbocycles. The van der Waals surface area contributed by atoms with Gasteiger partial charge >= 0.3 is 0 Å². The summed E-state index contributed by atoms with van der Waals surface area (Å²) in [6, 6.07) is 7.64. The second-order valence-corrected chi connectivity index (χ2v) is 7.65. The van der Waals surface area contributed by atoms with Gasteiger partial charge in [-0.1, -0.05) is 0 Å².